The summed E-state index contributed by atoms with van der Waals surface area (Å²) < 4.78 is 13.5. The molecular weight excluding hydrogens is 282 g/mol. The van der Waals surface area contributed by atoms with Gasteiger partial charge in [-0.2, -0.15) is 0 Å². The van der Waals surface area contributed by atoms with Gasteiger partial charge < -0.3 is 14.4 Å². The van der Waals surface area contributed by atoms with Crippen molar-refractivity contribution in [3.8, 4) is 0 Å². The molecule has 0 spiro atoms. The number of carbonyl (C=O) groups excluding carboxylic acids is 2. The monoisotopic (exact) mass is 299 g/mol. The maximum Gasteiger partial charge on any atom is 0.345 e. The summed E-state index contributed by atoms with van der Waals surface area (Å²) in [5.74, 6) is -1.47. The van der Waals surface area contributed by atoms with Gasteiger partial charge in [0, 0.05) is 25.6 Å². The van der Waals surface area contributed by atoms with Crippen molar-refractivity contribution in [3.05, 3.63) is 11.3 Å². The van der Waals surface area contributed by atoms with Crippen molar-refractivity contribution in [1.29, 1.82) is 0 Å². The van der Waals surface area contributed by atoms with Gasteiger partial charge in [0.2, 0.25) is 0 Å². The molecule has 0 atom stereocenters. The van der Waals surface area contributed by atoms with Crippen LogP contribution in [0.4, 0.5) is 5.00 Å². The highest BCUT2D eigenvalue weighted by Gasteiger charge is 2.22. The second-order valence-corrected chi connectivity index (χ2v) is 4.59. The van der Waals surface area contributed by atoms with E-state index in [4.69, 9.17) is 9.47 Å². The third-order valence-corrected chi connectivity index (χ3v) is 3.08. The highest BCUT2D eigenvalue weighted by Crippen LogP contribution is 2.23. The standard InChI is InChI=1S/C12H17N3O4S/c1-5-18-11(16)8(12(17)19-6-2)7-9-10(15(3)4)20-14-13-9/h7H,5-6H2,1-4H3. The number of esters is 2. The van der Waals surface area contributed by atoms with E-state index in [2.05, 4.69) is 9.59 Å². The number of hydrogen-bond acceptors (Lipinski definition) is 8. The maximum atomic E-state index is 11.8. The van der Waals surface area contributed by atoms with Gasteiger partial charge in [0.25, 0.3) is 0 Å². The lowest BCUT2D eigenvalue weighted by Gasteiger charge is -2.09. The van der Waals surface area contributed by atoms with Crippen LogP contribution in [0.15, 0.2) is 5.57 Å². The lowest BCUT2D eigenvalue weighted by molar-refractivity contribution is -0.146. The molecule has 0 aromatic carbocycles. The summed E-state index contributed by atoms with van der Waals surface area (Å²) in [5.41, 5.74) is 0.237. The Morgan fingerprint density at radius 2 is 1.75 bits per heavy atom. The Hall–Kier alpha value is -1.96. The van der Waals surface area contributed by atoms with Crippen LogP contribution in [0.25, 0.3) is 6.08 Å². The second-order valence-electron chi connectivity index (χ2n) is 3.86. The zero-order valence-corrected chi connectivity index (χ0v) is 12.7. The van der Waals surface area contributed by atoms with Gasteiger partial charge in [0.15, 0.2) is 0 Å². The molecule has 1 aromatic rings. The summed E-state index contributed by atoms with van der Waals surface area (Å²) in [6, 6.07) is 0. The lowest BCUT2D eigenvalue weighted by atomic mass is 10.2. The van der Waals surface area contributed by atoms with Crippen LogP contribution in [0.5, 0.6) is 0 Å². The molecule has 1 heterocycles. The number of nitrogens with zero attached hydrogens (tertiary/aromatic N) is 3. The average Bonchev–Trinajstić information content (AvgIpc) is 2.84. The highest BCUT2D eigenvalue weighted by molar-refractivity contribution is 7.10. The number of hydrogen-bond donors (Lipinski definition) is 0. The van der Waals surface area contributed by atoms with Gasteiger partial charge in [0.05, 0.1) is 13.2 Å². The fraction of sp³-hybridized carbons (Fsp3) is 0.500. The van der Waals surface area contributed by atoms with E-state index in [0.717, 1.165) is 5.00 Å². The topological polar surface area (TPSA) is 81.6 Å². The maximum absolute atomic E-state index is 11.8. The molecule has 20 heavy (non-hydrogen) atoms. The molecule has 0 aliphatic rings. The first-order valence-electron chi connectivity index (χ1n) is 6.06. The molecule has 7 nitrogen and oxygen atoms in total. The third kappa shape index (κ3) is 4.02. The van der Waals surface area contributed by atoms with Crippen molar-refractivity contribution in [3.63, 3.8) is 0 Å². The molecule has 0 unspecified atom stereocenters. The van der Waals surface area contributed by atoms with E-state index < -0.39 is 11.9 Å². The molecule has 0 N–H and O–H groups in total. The predicted octanol–water partition coefficient (Wildman–Crippen LogP) is 1.11. The van der Waals surface area contributed by atoms with Gasteiger partial charge in [-0.05, 0) is 19.9 Å². The molecule has 0 radical (unpaired) electrons. The Kier molecular flexibility index (Phi) is 6.10. The largest absolute Gasteiger partial charge is 0.462 e. The minimum atomic E-state index is -0.733. The Morgan fingerprint density at radius 1 is 1.20 bits per heavy atom. The molecule has 8 heteroatoms. The van der Waals surface area contributed by atoms with E-state index in [-0.39, 0.29) is 18.8 Å². The van der Waals surface area contributed by atoms with Crippen molar-refractivity contribution >= 4 is 34.5 Å². The first kappa shape index (κ1) is 16.1. The van der Waals surface area contributed by atoms with Crippen LogP contribution < -0.4 is 4.90 Å². The van der Waals surface area contributed by atoms with Gasteiger partial charge in [-0.25, -0.2) is 9.59 Å². The van der Waals surface area contributed by atoms with E-state index in [1.807, 2.05) is 14.1 Å². The van der Waals surface area contributed by atoms with Crippen molar-refractivity contribution < 1.29 is 19.1 Å². The minimum absolute atomic E-state index is 0.172. The minimum Gasteiger partial charge on any atom is -0.462 e. The summed E-state index contributed by atoms with van der Waals surface area (Å²) in [6.45, 7) is 3.67. The lowest BCUT2D eigenvalue weighted by Crippen LogP contribution is -2.18. The number of aromatic nitrogens is 2. The van der Waals surface area contributed by atoms with Gasteiger partial charge in [-0.15, -0.1) is 5.10 Å². The Morgan fingerprint density at radius 3 is 2.20 bits per heavy atom. The van der Waals surface area contributed by atoms with Crippen LogP contribution >= 0.6 is 11.5 Å². The highest BCUT2D eigenvalue weighted by atomic mass is 32.1. The van der Waals surface area contributed by atoms with Crippen LogP contribution in [0, 0.1) is 0 Å². The Labute approximate surface area is 121 Å². The van der Waals surface area contributed by atoms with Crippen molar-refractivity contribution in [2.24, 2.45) is 0 Å². The fourth-order valence-corrected chi connectivity index (χ4v) is 1.91. The SMILES string of the molecule is CCOC(=O)C(=Cc1nnsc1N(C)C)C(=O)OCC. The molecule has 1 rings (SSSR count). The molecule has 0 fully saturated rings. The summed E-state index contributed by atoms with van der Waals surface area (Å²) in [6.07, 6.45) is 1.34. The molecule has 1 aromatic heterocycles. The zero-order chi connectivity index (χ0) is 15.1. The summed E-state index contributed by atoms with van der Waals surface area (Å²) in [4.78, 5) is 25.4. The van der Waals surface area contributed by atoms with Gasteiger partial charge in [-0.3, -0.25) is 0 Å². The molecule has 0 saturated heterocycles. The molecule has 110 valence electrons. The van der Waals surface area contributed by atoms with Crippen LogP contribution in [-0.4, -0.2) is 48.8 Å². The fourth-order valence-electron chi connectivity index (χ4n) is 1.35. The molecule has 0 amide bonds. The van der Waals surface area contributed by atoms with E-state index in [1.165, 1.54) is 17.6 Å². The molecular formula is C12H17N3O4S. The average molecular weight is 299 g/mol. The van der Waals surface area contributed by atoms with E-state index in [9.17, 15) is 9.59 Å². The number of rotatable bonds is 6. The van der Waals surface area contributed by atoms with E-state index in [0.29, 0.717) is 5.69 Å². The first-order chi connectivity index (χ1) is 9.51. The van der Waals surface area contributed by atoms with Gasteiger partial charge in [-0.1, -0.05) is 4.49 Å². The van der Waals surface area contributed by atoms with Crippen molar-refractivity contribution in [2.75, 3.05) is 32.2 Å². The number of ether oxygens (including phenoxy) is 2. The number of carbonyl (C=O) groups is 2. The van der Waals surface area contributed by atoms with Crippen LogP contribution in [-0.2, 0) is 19.1 Å². The van der Waals surface area contributed by atoms with E-state index in [1.54, 1.807) is 18.7 Å². The smallest absolute Gasteiger partial charge is 0.345 e. The normalized spacial score (nSPS) is 9.80. The van der Waals surface area contributed by atoms with Crippen molar-refractivity contribution in [1.82, 2.24) is 9.59 Å². The van der Waals surface area contributed by atoms with Gasteiger partial charge >= 0.3 is 11.9 Å². The van der Waals surface area contributed by atoms with Crippen LogP contribution in [0.3, 0.4) is 0 Å². The molecule has 0 aliphatic heterocycles. The second kappa shape index (κ2) is 7.59. The van der Waals surface area contributed by atoms with Gasteiger partial charge in [0.1, 0.15) is 16.3 Å². The zero-order valence-electron chi connectivity index (χ0n) is 11.9. The summed E-state index contributed by atoms with van der Waals surface area (Å²) >= 11 is 1.17. The summed E-state index contributed by atoms with van der Waals surface area (Å²) in [5, 5.41) is 4.63. The molecule has 0 bridgehead atoms. The Bertz CT molecular complexity index is 491. The Balaban J connectivity index is 3.14. The third-order valence-electron chi connectivity index (χ3n) is 2.17. The van der Waals surface area contributed by atoms with Crippen LogP contribution in [0.1, 0.15) is 19.5 Å². The first-order valence-corrected chi connectivity index (χ1v) is 6.84. The molecule has 0 saturated carbocycles. The molecule has 0 aliphatic carbocycles. The number of anilines is 1. The summed E-state index contributed by atoms with van der Waals surface area (Å²) in [7, 11) is 3.64. The quantitative estimate of drug-likeness (QED) is 0.337. The van der Waals surface area contributed by atoms with Crippen molar-refractivity contribution in [2.45, 2.75) is 13.8 Å². The van der Waals surface area contributed by atoms with E-state index >= 15 is 0 Å². The van der Waals surface area contributed by atoms with Crippen LogP contribution in [0.2, 0.25) is 0 Å². The predicted molar refractivity (Wildman–Crippen MR) is 75.5 cm³/mol.